The predicted octanol–water partition coefficient (Wildman–Crippen LogP) is 2.20. The van der Waals surface area contributed by atoms with Gasteiger partial charge in [-0.15, -0.1) is 0 Å². The standard InChI is InChI=1S/C5H10O2S/c1-3-4(2)8-5(6)7/h4H,3H2,1-2H3,(H,6,7). The largest absolute Gasteiger partial charge is 0.473 e. The van der Waals surface area contributed by atoms with E-state index >= 15 is 0 Å². The second-order valence-electron chi connectivity index (χ2n) is 1.60. The maximum Gasteiger partial charge on any atom is 0.365 e. The molecule has 8 heavy (non-hydrogen) atoms. The van der Waals surface area contributed by atoms with E-state index in [4.69, 9.17) is 5.11 Å². The average molecular weight is 134 g/mol. The number of carbonyl (C=O) groups is 1. The second-order valence-corrected chi connectivity index (χ2v) is 2.99. The molecule has 0 saturated carbocycles. The van der Waals surface area contributed by atoms with Gasteiger partial charge in [0.15, 0.2) is 0 Å². The highest BCUT2D eigenvalue weighted by Crippen LogP contribution is 2.12. The summed E-state index contributed by atoms with van der Waals surface area (Å²) in [5.74, 6) is 0. The smallest absolute Gasteiger partial charge is 0.365 e. The van der Waals surface area contributed by atoms with Crippen molar-refractivity contribution in [1.82, 2.24) is 0 Å². The monoisotopic (exact) mass is 134 g/mol. The molecule has 0 bridgehead atoms. The van der Waals surface area contributed by atoms with E-state index in [9.17, 15) is 4.79 Å². The summed E-state index contributed by atoms with van der Waals surface area (Å²) in [4.78, 5) is 9.93. The Morgan fingerprint density at radius 2 is 2.38 bits per heavy atom. The highest BCUT2D eigenvalue weighted by molar-refractivity contribution is 8.13. The fraction of sp³-hybridized carbons (Fsp3) is 0.800. The molecule has 0 aromatic carbocycles. The molecular formula is C5H10O2S. The van der Waals surface area contributed by atoms with Crippen molar-refractivity contribution in [2.24, 2.45) is 0 Å². The molecule has 0 rings (SSSR count). The molecule has 0 fully saturated rings. The molecule has 0 spiro atoms. The van der Waals surface area contributed by atoms with Gasteiger partial charge in [-0.2, -0.15) is 0 Å². The van der Waals surface area contributed by atoms with Gasteiger partial charge in [-0.25, -0.2) is 4.79 Å². The third-order valence-corrected chi connectivity index (χ3v) is 1.81. The topological polar surface area (TPSA) is 37.3 Å². The van der Waals surface area contributed by atoms with Gasteiger partial charge in [0.25, 0.3) is 0 Å². The molecule has 1 N–H and O–H groups in total. The van der Waals surface area contributed by atoms with Crippen LogP contribution < -0.4 is 0 Å². The van der Waals surface area contributed by atoms with Gasteiger partial charge < -0.3 is 5.11 Å². The lowest BCUT2D eigenvalue weighted by Crippen LogP contribution is -1.96. The van der Waals surface area contributed by atoms with Crippen LogP contribution in [-0.4, -0.2) is 15.7 Å². The van der Waals surface area contributed by atoms with E-state index in [-0.39, 0.29) is 5.25 Å². The van der Waals surface area contributed by atoms with Crippen LogP contribution in [0.1, 0.15) is 20.3 Å². The quantitative estimate of drug-likeness (QED) is 0.629. The van der Waals surface area contributed by atoms with Gasteiger partial charge in [-0.05, 0) is 18.2 Å². The van der Waals surface area contributed by atoms with Crippen LogP contribution in [0.4, 0.5) is 4.79 Å². The Labute approximate surface area is 53.3 Å². The molecule has 0 radical (unpaired) electrons. The Kier molecular flexibility index (Phi) is 3.69. The zero-order chi connectivity index (χ0) is 6.57. The molecule has 0 aromatic rings. The second kappa shape index (κ2) is 3.78. The number of rotatable bonds is 2. The molecule has 0 aromatic heterocycles. The van der Waals surface area contributed by atoms with Crippen LogP contribution in [-0.2, 0) is 0 Å². The first-order valence-corrected chi connectivity index (χ1v) is 3.44. The Bertz CT molecular complexity index is 82.5. The minimum Gasteiger partial charge on any atom is -0.473 e. The van der Waals surface area contributed by atoms with E-state index in [1.807, 2.05) is 13.8 Å². The summed E-state index contributed by atoms with van der Waals surface area (Å²) in [5.41, 5.74) is 0. The zero-order valence-corrected chi connectivity index (χ0v) is 5.86. The summed E-state index contributed by atoms with van der Waals surface area (Å²) in [6.07, 6.45) is 0.914. The lowest BCUT2D eigenvalue weighted by Gasteiger charge is -2.00. The van der Waals surface area contributed by atoms with Crippen molar-refractivity contribution in [3.05, 3.63) is 0 Å². The number of carboxylic acid groups (broad SMARTS) is 1. The molecule has 0 heterocycles. The van der Waals surface area contributed by atoms with E-state index in [1.165, 1.54) is 0 Å². The Balaban J connectivity index is 3.24. The molecule has 0 aliphatic heterocycles. The molecule has 3 heteroatoms. The summed E-state index contributed by atoms with van der Waals surface area (Å²) in [6, 6.07) is 0. The van der Waals surface area contributed by atoms with E-state index in [2.05, 4.69) is 0 Å². The predicted molar refractivity (Wildman–Crippen MR) is 35.4 cm³/mol. The molecule has 2 nitrogen and oxygen atoms in total. The van der Waals surface area contributed by atoms with Crippen molar-refractivity contribution >= 4 is 17.1 Å². The summed E-state index contributed by atoms with van der Waals surface area (Å²) in [7, 11) is 0. The van der Waals surface area contributed by atoms with E-state index in [1.54, 1.807) is 0 Å². The molecule has 1 unspecified atom stereocenters. The van der Waals surface area contributed by atoms with Crippen LogP contribution >= 0.6 is 11.8 Å². The Morgan fingerprint density at radius 3 is 2.50 bits per heavy atom. The average Bonchev–Trinajstić information content (AvgIpc) is 1.65. The van der Waals surface area contributed by atoms with E-state index in [0.29, 0.717) is 0 Å². The Hall–Kier alpha value is -0.180. The van der Waals surface area contributed by atoms with E-state index in [0.717, 1.165) is 18.2 Å². The van der Waals surface area contributed by atoms with Crippen LogP contribution in [0.25, 0.3) is 0 Å². The van der Waals surface area contributed by atoms with Crippen LogP contribution in [0.15, 0.2) is 0 Å². The van der Waals surface area contributed by atoms with Gasteiger partial charge in [-0.3, -0.25) is 0 Å². The van der Waals surface area contributed by atoms with Crippen LogP contribution in [0, 0.1) is 0 Å². The number of hydrogen-bond donors (Lipinski definition) is 1. The molecule has 48 valence electrons. The summed E-state index contributed by atoms with van der Waals surface area (Å²) >= 11 is 0.971. The summed E-state index contributed by atoms with van der Waals surface area (Å²) < 4.78 is 0. The van der Waals surface area contributed by atoms with Gasteiger partial charge in [0, 0.05) is 5.25 Å². The first-order chi connectivity index (χ1) is 3.66. The van der Waals surface area contributed by atoms with Gasteiger partial charge in [0.1, 0.15) is 0 Å². The van der Waals surface area contributed by atoms with Crippen molar-refractivity contribution in [2.45, 2.75) is 25.5 Å². The number of thioether (sulfide) groups is 1. The van der Waals surface area contributed by atoms with Gasteiger partial charge in [-0.1, -0.05) is 13.8 Å². The molecule has 0 saturated heterocycles. The Morgan fingerprint density at radius 1 is 1.88 bits per heavy atom. The van der Waals surface area contributed by atoms with Crippen LogP contribution in [0.5, 0.6) is 0 Å². The van der Waals surface area contributed by atoms with Crippen molar-refractivity contribution in [3.63, 3.8) is 0 Å². The fourth-order valence-electron chi connectivity index (χ4n) is 0.255. The molecule has 1 atom stereocenters. The first kappa shape index (κ1) is 7.82. The van der Waals surface area contributed by atoms with E-state index < -0.39 is 5.30 Å². The summed E-state index contributed by atoms with van der Waals surface area (Å²) in [5, 5.41) is 7.64. The third kappa shape index (κ3) is 3.99. The molecule has 0 amide bonds. The molecule has 0 aliphatic rings. The zero-order valence-electron chi connectivity index (χ0n) is 5.05. The summed E-state index contributed by atoms with van der Waals surface area (Å²) in [6.45, 7) is 3.87. The molecular weight excluding hydrogens is 124 g/mol. The van der Waals surface area contributed by atoms with Crippen molar-refractivity contribution in [2.75, 3.05) is 0 Å². The lowest BCUT2D eigenvalue weighted by molar-refractivity contribution is 0.222. The highest BCUT2D eigenvalue weighted by atomic mass is 32.2. The lowest BCUT2D eigenvalue weighted by atomic mass is 10.4. The maximum atomic E-state index is 9.93. The minimum atomic E-state index is -0.778. The van der Waals surface area contributed by atoms with Gasteiger partial charge >= 0.3 is 5.30 Å². The minimum absolute atomic E-state index is 0.243. The third-order valence-electron chi connectivity index (χ3n) is 0.877. The van der Waals surface area contributed by atoms with Crippen molar-refractivity contribution in [3.8, 4) is 0 Å². The normalized spacial score (nSPS) is 13.2. The van der Waals surface area contributed by atoms with Crippen molar-refractivity contribution in [1.29, 1.82) is 0 Å². The van der Waals surface area contributed by atoms with Crippen molar-refractivity contribution < 1.29 is 9.90 Å². The van der Waals surface area contributed by atoms with Gasteiger partial charge in [0.05, 0.1) is 0 Å². The first-order valence-electron chi connectivity index (χ1n) is 2.56. The molecule has 0 aliphatic carbocycles. The highest BCUT2D eigenvalue weighted by Gasteiger charge is 2.03. The fourth-order valence-corrected chi connectivity index (χ4v) is 0.766. The SMILES string of the molecule is CCC(C)SC(=O)O. The number of hydrogen-bond acceptors (Lipinski definition) is 2. The van der Waals surface area contributed by atoms with Gasteiger partial charge in [0.2, 0.25) is 0 Å². The van der Waals surface area contributed by atoms with Crippen LogP contribution in [0.2, 0.25) is 0 Å². The maximum absolute atomic E-state index is 9.93. The van der Waals surface area contributed by atoms with Crippen LogP contribution in [0.3, 0.4) is 0 Å².